The molecular formula is C18H31NO. The predicted octanol–water partition coefficient (Wildman–Crippen LogP) is 3.48. The highest BCUT2D eigenvalue weighted by atomic mass is 16.3. The smallest absolute Gasteiger partial charge is 0.0693 e. The Labute approximate surface area is 123 Å². The van der Waals surface area contributed by atoms with E-state index >= 15 is 0 Å². The summed E-state index contributed by atoms with van der Waals surface area (Å²) in [5.74, 6) is 3.09. The van der Waals surface area contributed by atoms with Crippen molar-refractivity contribution in [3.63, 3.8) is 0 Å². The van der Waals surface area contributed by atoms with Crippen LogP contribution in [0.4, 0.5) is 0 Å². The first-order valence-corrected chi connectivity index (χ1v) is 9.09. The van der Waals surface area contributed by atoms with E-state index in [-0.39, 0.29) is 6.10 Å². The van der Waals surface area contributed by atoms with Gasteiger partial charge in [-0.05, 0) is 81.5 Å². The molecule has 0 radical (unpaired) electrons. The molecule has 0 aromatic carbocycles. The minimum absolute atomic E-state index is 0.0971. The molecule has 4 bridgehead atoms. The van der Waals surface area contributed by atoms with Gasteiger partial charge in [0.1, 0.15) is 0 Å². The molecule has 2 nitrogen and oxygen atoms in total. The maximum atomic E-state index is 10.2. The Bertz CT molecular complexity index is 331. The van der Waals surface area contributed by atoms with Gasteiger partial charge in [0.05, 0.1) is 6.10 Å². The Balaban J connectivity index is 1.46. The van der Waals surface area contributed by atoms with Crippen LogP contribution >= 0.6 is 0 Å². The molecule has 20 heavy (non-hydrogen) atoms. The Morgan fingerprint density at radius 1 is 0.950 bits per heavy atom. The lowest BCUT2D eigenvalue weighted by molar-refractivity contribution is -0.0759. The largest absolute Gasteiger partial charge is 0.392 e. The minimum atomic E-state index is -0.0971. The van der Waals surface area contributed by atoms with Crippen molar-refractivity contribution in [1.29, 1.82) is 0 Å². The van der Waals surface area contributed by atoms with Crippen LogP contribution in [0.3, 0.4) is 0 Å². The van der Waals surface area contributed by atoms with E-state index in [2.05, 4.69) is 12.2 Å². The predicted molar refractivity (Wildman–Crippen MR) is 81.5 cm³/mol. The number of rotatable bonds is 3. The summed E-state index contributed by atoms with van der Waals surface area (Å²) in [5, 5.41) is 14.1. The van der Waals surface area contributed by atoms with Crippen LogP contribution in [0, 0.1) is 23.2 Å². The summed E-state index contributed by atoms with van der Waals surface area (Å²) in [6, 6.07) is 0.973. The minimum Gasteiger partial charge on any atom is -0.392 e. The molecule has 5 saturated carbocycles. The topological polar surface area (TPSA) is 32.3 Å². The third-order valence-corrected chi connectivity index (χ3v) is 7.20. The molecule has 2 heteroatoms. The van der Waals surface area contributed by atoms with Crippen molar-refractivity contribution in [2.75, 3.05) is 0 Å². The van der Waals surface area contributed by atoms with Crippen LogP contribution in [0.2, 0.25) is 0 Å². The second kappa shape index (κ2) is 4.98. The van der Waals surface area contributed by atoms with Crippen LogP contribution in [-0.4, -0.2) is 23.3 Å². The second-order valence-corrected chi connectivity index (χ2v) is 8.63. The van der Waals surface area contributed by atoms with Gasteiger partial charge < -0.3 is 10.4 Å². The fourth-order valence-corrected chi connectivity index (χ4v) is 6.51. The molecule has 2 N–H and O–H groups in total. The van der Waals surface area contributed by atoms with Crippen LogP contribution in [0.1, 0.15) is 71.1 Å². The number of hydrogen-bond donors (Lipinski definition) is 2. The van der Waals surface area contributed by atoms with Crippen molar-refractivity contribution in [1.82, 2.24) is 5.32 Å². The molecule has 0 aromatic heterocycles. The quantitative estimate of drug-likeness (QED) is 0.827. The number of aliphatic hydroxyl groups is 1. The number of nitrogens with one attached hydrogen (secondary N) is 1. The molecule has 3 atom stereocenters. The summed E-state index contributed by atoms with van der Waals surface area (Å²) in [5.41, 5.74) is 0.575. The highest BCUT2D eigenvalue weighted by molar-refractivity contribution is 5.05. The van der Waals surface area contributed by atoms with E-state index in [1.165, 1.54) is 57.8 Å². The SMILES string of the molecule is CC(N[C@@H]1CCCC[C@H]1O)C12CC3CC(CC(C3)C1)C2. The second-order valence-electron chi connectivity index (χ2n) is 8.63. The van der Waals surface area contributed by atoms with E-state index in [4.69, 9.17) is 0 Å². The fraction of sp³-hybridized carbons (Fsp3) is 1.00. The number of hydrogen-bond acceptors (Lipinski definition) is 2. The normalized spacial score (nSPS) is 52.2. The van der Waals surface area contributed by atoms with E-state index in [0.29, 0.717) is 17.5 Å². The van der Waals surface area contributed by atoms with E-state index in [0.717, 1.165) is 24.2 Å². The van der Waals surface area contributed by atoms with Crippen LogP contribution in [0.15, 0.2) is 0 Å². The van der Waals surface area contributed by atoms with Crippen molar-refractivity contribution >= 4 is 0 Å². The van der Waals surface area contributed by atoms with Gasteiger partial charge in [0.15, 0.2) is 0 Å². The zero-order valence-electron chi connectivity index (χ0n) is 13.0. The van der Waals surface area contributed by atoms with Crippen LogP contribution in [-0.2, 0) is 0 Å². The molecule has 1 unspecified atom stereocenters. The third-order valence-electron chi connectivity index (χ3n) is 7.20. The molecule has 114 valence electrons. The van der Waals surface area contributed by atoms with Gasteiger partial charge in [0.2, 0.25) is 0 Å². The number of aliphatic hydroxyl groups excluding tert-OH is 1. The average molecular weight is 277 g/mol. The van der Waals surface area contributed by atoms with Crippen molar-refractivity contribution in [3.8, 4) is 0 Å². The molecule has 5 aliphatic rings. The molecule has 0 spiro atoms. The van der Waals surface area contributed by atoms with E-state index in [1.807, 2.05) is 0 Å². The Morgan fingerprint density at radius 3 is 2.05 bits per heavy atom. The highest BCUT2D eigenvalue weighted by Gasteiger charge is 2.53. The van der Waals surface area contributed by atoms with Gasteiger partial charge in [-0.1, -0.05) is 12.8 Å². The lowest BCUT2D eigenvalue weighted by atomic mass is 9.48. The van der Waals surface area contributed by atoms with Gasteiger partial charge in [-0.15, -0.1) is 0 Å². The van der Waals surface area contributed by atoms with Crippen LogP contribution in [0.5, 0.6) is 0 Å². The van der Waals surface area contributed by atoms with Gasteiger partial charge >= 0.3 is 0 Å². The van der Waals surface area contributed by atoms with Crippen LogP contribution in [0.25, 0.3) is 0 Å². The first-order chi connectivity index (χ1) is 9.64. The highest BCUT2D eigenvalue weighted by Crippen LogP contribution is 2.61. The van der Waals surface area contributed by atoms with Crippen LogP contribution < -0.4 is 5.32 Å². The fourth-order valence-electron chi connectivity index (χ4n) is 6.51. The molecule has 5 fully saturated rings. The van der Waals surface area contributed by atoms with E-state index in [1.54, 1.807) is 0 Å². The molecular weight excluding hydrogens is 246 g/mol. The molecule has 0 amide bonds. The van der Waals surface area contributed by atoms with Gasteiger partial charge in [0.25, 0.3) is 0 Å². The van der Waals surface area contributed by atoms with Gasteiger partial charge in [-0.2, -0.15) is 0 Å². The van der Waals surface area contributed by atoms with Crippen molar-refractivity contribution in [3.05, 3.63) is 0 Å². The molecule has 5 aliphatic carbocycles. The summed E-state index contributed by atoms with van der Waals surface area (Å²) >= 11 is 0. The molecule has 0 saturated heterocycles. The van der Waals surface area contributed by atoms with Gasteiger partial charge in [-0.25, -0.2) is 0 Å². The maximum absolute atomic E-state index is 10.2. The van der Waals surface area contributed by atoms with Gasteiger partial charge in [0, 0.05) is 12.1 Å². The maximum Gasteiger partial charge on any atom is 0.0693 e. The average Bonchev–Trinajstić information content (AvgIpc) is 2.40. The molecule has 0 heterocycles. The third kappa shape index (κ3) is 2.23. The molecule has 5 rings (SSSR count). The standard InChI is InChI=1S/C18H31NO/c1-12(19-16-4-2-3-5-17(16)20)18-9-13-6-14(10-18)8-15(7-13)11-18/h12-17,19-20H,2-11H2,1H3/t12?,13?,14?,15?,16-,17-,18?/m1/s1. The summed E-state index contributed by atoms with van der Waals surface area (Å²) in [4.78, 5) is 0. The lowest BCUT2D eigenvalue weighted by Crippen LogP contribution is -2.58. The Kier molecular flexibility index (Phi) is 3.38. The van der Waals surface area contributed by atoms with Crippen molar-refractivity contribution < 1.29 is 5.11 Å². The summed E-state index contributed by atoms with van der Waals surface area (Å²) in [6.07, 6.45) is 13.6. The van der Waals surface area contributed by atoms with Crippen molar-refractivity contribution in [2.45, 2.75) is 89.3 Å². The Morgan fingerprint density at radius 2 is 1.50 bits per heavy atom. The Hall–Kier alpha value is -0.0800. The summed E-state index contributed by atoms with van der Waals surface area (Å²) in [6.45, 7) is 2.43. The van der Waals surface area contributed by atoms with E-state index < -0.39 is 0 Å². The summed E-state index contributed by atoms with van der Waals surface area (Å²) in [7, 11) is 0. The summed E-state index contributed by atoms with van der Waals surface area (Å²) < 4.78 is 0. The first-order valence-electron chi connectivity index (χ1n) is 9.09. The van der Waals surface area contributed by atoms with Crippen molar-refractivity contribution in [2.24, 2.45) is 23.2 Å². The van der Waals surface area contributed by atoms with Gasteiger partial charge in [-0.3, -0.25) is 0 Å². The first kappa shape index (κ1) is 13.6. The molecule has 0 aliphatic heterocycles. The zero-order chi connectivity index (χ0) is 13.7. The van der Waals surface area contributed by atoms with E-state index in [9.17, 15) is 5.11 Å². The molecule has 0 aromatic rings. The zero-order valence-corrected chi connectivity index (χ0v) is 13.0. The lowest BCUT2D eigenvalue weighted by Gasteiger charge is -2.59. The monoisotopic (exact) mass is 277 g/mol.